The Balaban J connectivity index is 1.74. The van der Waals surface area contributed by atoms with Crippen LogP contribution in [0.25, 0.3) is 10.8 Å². The summed E-state index contributed by atoms with van der Waals surface area (Å²) in [4.78, 5) is 10.8. The maximum atomic E-state index is 10.8. The summed E-state index contributed by atoms with van der Waals surface area (Å²) in [5.41, 5.74) is 1.87. The Labute approximate surface area is 152 Å². The van der Waals surface area contributed by atoms with Crippen LogP contribution in [-0.2, 0) is 11.2 Å². The van der Waals surface area contributed by atoms with Crippen LogP contribution < -0.4 is 19.5 Å². The number of fused-ring (bicyclic) bond motifs is 1. The van der Waals surface area contributed by atoms with Gasteiger partial charge in [0.05, 0.1) is 20.8 Å². The van der Waals surface area contributed by atoms with E-state index in [9.17, 15) is 4.79 Å². The van der Waals surface area contributed by atoms with Crippen LogP contribution >= 0.6 is 0 Å². The van der Waals surface area contributed by atoms with Gasteiger partial charge in [0.15, 0.2) is 11.5 Å². The second kappa shape index (κ2) is 8.25. The minimum atomic E-state index is 0.528. The van der Waals surface area contributed by atoms with Crippen LogP contribution in [0, 0.1) is 0 Å². The topological polar surface area (TPSA) is 56.8 Å². The lowest BCUT2D eigenvalue weighted by Gasteiger charge is -2.13. The first kappa shape index (κ1) is 17.6. The molecule has 5 heteroatoms. The van der Waals surface area contributed by atoms with Crippen LogP contribution in [0.4, 0.5) is 5.69 Å². The smallest absolute Gasteiger partial charge is 0.211 e. The number of ether oxygens (including phenoxy) is 3. The molecule has 3 aromatic carbocycles. The third-order valence-corrected chi connectivity index (χ3v) is 4.19. The van der Waals surface area contributed by atoms with Gasteiger partial charge in [-0.15, -0.1) is 0 Å². The van der Waals surface area contributed by atoms with E-state index in [0.29, 0.717) is 24.5 Å². The van der Waals surface area contributed by atoms with Crippen molar-refractivity contribution in [1.29, 1.82) is 0 Å². The van der Waals surface area contributed by atoms with E-state index in [-0.39, 0.29) is 0 Å². The van der Waals surface area contributed by atoms with Gasteiger partial charge in [0.25, 0.3) is 0 Å². The molecule has 0 aliphatic rings. The molecule has 0 aromatic heterocycles. The molecule has 0 aliphatic carbocycles. The van der Waals surface area contributed by atoms with E-state index in [2.05, 4.69) is 5.32 Å². The number of benzene rings is 3. The summed E-state index contributed by atoms with van der Waals surface area (Å²) in [6.45, 7) is 0.528. The summed E-state index contributed by atoms with van der Waals surface area (Å²) in [5, 5.41) is 4.63. The van der Waals surface area contributed by atoms with Crippen LogP contribution in [0.3, 0.4) is 0 Å². The minimum absolute atomic E-state index is 0.528. The number of hydrogen-bond acceptors (Lipinski definition) is 4. The maximum Gasteiger partial charge on any atom is 0.211 e. The molecule has 0 radical (unpaired) electrons. The highest BCUT2D eigenvalue weighted by atomic mass is 16.5. The zero-order chi connectivity index (χ0) is 18.4. The lowest BCUT2D eigenvalue weighted by molar-refractivity contribution is -0.105. The van der Waals surface area contributed by atoms with Gasteiger partial charge in [-0.05, 0) is 29.8 Å². The van der Waals surface area contributed by atoms with Gasteiger partial charge >= 0.3 is 0 Å². The fourth-order valence-electron chi connectivity index (χ4n) is 2.90. The van der Waals surface area contributed by atoms with Crippen molar-refractivity contribution < 1.29 is 19.0 Å². The Morgan fingerprint density at radius 1 is 0.885 bits per heavy atom. The third kappa shape index (κ3) is 3.72. The lowest BCUT2D eigenvalue weighted by atomic mass is 10.1. The van der Waals surface area contributed by atoms with Gasteiger partial charge in [-0.2, -0.15) is 0 Å². The Morgan fingerprint density at radius 2 is 1.62 bits per heavy atom. The third-order valence-electron chi connectivity index (χ3n) is 4.19. The first-order chi connectivity index (χ1) is 12.8. The predicted octanol–water partition coefficient (Wildman–Crippen LogP) is 4.05. The van der Waals surface area contributed by atoms with Gasteiger partial charge in [-0.25, -0.2) is 0 Å². The van der Waals surface area contributed by atoms with Gasteiger partial charge in [0, 0.05) is 22.9 Å². The average molecular weight is 351 g/mol. The van der Waals surface area contributed by atoms with E-state index in [0.717, 1.165) is 34.2 Å². The van der Waals surface area contributed by atoms with E-state index in [1.54, 1.807) is 14.2 Å². The van der Waals surface area contributed by atoms with Crippen LogP contribution in [0.5, 0.6) is 17.2 Å². The van der Waals surface area contributed by atoms with E-state index < -0.39 is 0 Å². The molecule has 0 unspecified atom stereocenters. The van der Waals surface area contributed by atoms with Crippen LogP contribution in [0.2, 0.25) is 0 Å². The molecular weight excluding hydrogens is 330 g/mol. The monoisotopic (exact) mass is 351 g/mol. The van der Waals surface area contributed by atoms with Crippen LogP contribution in [-0.4, -0.2) is 27.2 Å². The van der Waals surface area contributed by atoms with Crippen molar-refractivity contribution in [2.24, 2.45) is 0 Å². The van der Waals surface area contributed by atoms with Crippen molar-refractivity contribution >= 4 is 22.9 Å². The van der Waals surface area contributed by atoms with E-state index in [1.165, 1.54) is 0 Å². The number of carbonyl (C=O) groups excluding carboxylic acids is 1. The van der Waals surface area contributed by atoms with Crippen molar-refractivity contribution in [3.63, 3.8) is 0 Å². The summed E-state index contributed by atoms with van der Waals surface area (Å²) >= 11 is 0. The molecule has 0 spiro atoms. The SMILES string of the molecule is COc1ccc(CCOc2ccc(NC=O)c3ccccc23)cc1OC. The molecule has 0 aliphatic heterocycles. The van der Waals surface area contributed by atoms with Gasteiger partial charge in [-0.3, -0.25) is 4.79 Å². The molecule has 0 saturated heterocycles. The largest absolute Gasteiger partial charge is 0.493 e. The Kier molecular flexibility index (Phi) is 5.59. The van der Waals surface area contributed by atoms with Crippen molar-refractivity contribution in [3.05, 3.63) is 60.2 Å². The summed E-state index contributed by atoms with van der Waals surface area (Å²) < 4.78 is 16.6. The summed E-state index contributed by atoms with van der Waals surface area (Å²) in [6, 6.07) is 17.4. The fraction of sp³-hybridized carbons (Fsp3) is 0.190. The molecule has 1 N–H and O–H groups in total. The first-order valence-corrected chi connectivity index (χ1v) is 8.32. The van der Waals surface area contributed by atoms with Crippen LogP contribution in [0.15, 0.2) is 54.6 Å². The lowest BCUT2D eigenvalue weighted by Crippen LogP contribution is -2.03. The summed E-state index contributed by atoms with van der Waals surface area (Å²) in [7, 11) is 3.24. The quantitative estimate of drug-likeness (QED) is 0.622. The number of amides is 1. The predicted molar refractivity (Wildman–Crippen MR) is 102 cm³/mol. The molecule has 0 bridgehead atoms. The number of anilines is 1. The average Bonchev–Trinajstić information content (AvgIpc) is 2.69. The van der Waals surface area contributed by atoms with Gasteiger partial charge < -0.3 is 19.5 Å². The number of methoxy groups -OCH3 is 2. The molecule has 134 valence electrons. The zero-order valence-corrected chi connectivity index (χ0v) is 14.8. The van der Waals surface area contributed by atoms with E-state index in [4.69, 9.17) is 14.2 Å². The molecule has 3 aromatic rings. The molecule has 3 rings (SSSR count). The summed E-state index contributed by atoms with van der Waals surface area (Å²) in [5.74, 6) is 2.21. The highest BCUT2D eigenvalue weighted by molar-refractivity contribution is 6.00. The van der Waals surface area contributed by atoms with E-state index >= 15 is 0 Å². The number of nitrogens with one attached hydrogen (secondary N) is 1. The molecule has 0 fully saturated rings. The number of rotatable bonds is 8. The Morgan fingerprint density at radius 3 is 2.35 bits per heavy atom. The molecule has 26 heavy (non-hydrogen) atoms. The van der Waals surface area contributed by atoms with Gasteiger partial charge in [0.2, 0.25) is 6.41 Å². The van der Waals surface area contributed by atoms with E-state index in [1.807, 2.05) is 54.6 Å². The Bertz CT molecular complexity index is 908. The second-order valence-electron chi connectivity index (χ2n) is 5.71. The Hall–Kier alpha value is -3.21. The molecule has 0 saturated carbocycles. The summed E-state index contributed by atoms with van der Waals surface area (Å²) in [6.07, 6.45) is 1.42. The van der Waals surface area contributed by atoms with Crippen molar-refractivity contribution in [2.45, 2.75) is 6.42 Å². The fourth-order valence-corrected chi connectivity index (χ4v) is 2.90. The van der Waals surface area contributed by atoms with Crippen molar-refractivity contribution in [3.8, 4) is 17.2 Å². The van der Waals surface area contributed by atoms with Crippen molar-refractivity contribution in [1.82, 2.24) is 0 Å². The normalized spacial score (nSPS) is 10.4. The molecule has 0 heterocycles. The molecule has 0 atom stereocenters. The number of carbonyl (C=O) groups is 1. The van der Waals surface area contributed by atoms with Crippen molar-refractivity contribution in [2.75, 3.05) is 26.1 Å². The standard InChI is InChI=1S/C21H21NO4/c1-24-20-9-7-15(13-21(20)25-2)11-12-26-19-10-8-18(22-14-23)16-5-3-4-6-17(16)19/h3-10,13-14H,11-12H2,1-2H3,(H,22,23). The molecule has 1 amide bonds. The molecule has 5 nitrogen and oxygen atoms in total. The van der Waals surface area contributed by atoms with Crippen LogP contribution in [0.1, 0.15) is 5.56 Å². The highest BCUT2D eigenvalue weighted by Gasteiger charge is 2.08. The minimum Gasteiger partial charge on any atom is -0.493 e. The first-order valence-electron chi connectivity index (χ1n) is 8.32. The maximum absolute atomic E-state index is 10.8. The highest BCUT2D eigenvalue weighted by Crippen LogP contribution is 2.32. The van der Waals surface area contributed by atoms with Gasteiger partial charge in [0.1, 0.15) is 5.75 Å². The van der Waals surface area contributed by atoms with Gasteiger partial charge in [-0.1, -0.05) is 30.3 Å². The second-order valence-corrected chi connectivity index (χ2v) is 5.71. The number of hydrogen-bond donors (Lipinski definition) is 1. The molecular formula is C21H21NO4. The zero-order valence-electron chi connectivity index (χ0n) is 14.8.